The number of fused-ring (bicyclic) bond motifs is 1. The predicted molar refractivity (Wildman–Crippen MR) is 127 cm³/mol. The standard InChI is InChI=1S/C21H26ClN5O3S2/c1-15(25(2)14-18-19(22)24-21-27(18)12-13-31-21)20(28)23-16-6-8-17(9-7-16)32(29,30)26-10-4-3-5-11-26/h6-9,12-13,15H,3-5,10-11,14H2,1-2H3,(H,23,28). The Kier molecular flexibility index (Phi) is 6.87. The third kappa shape index (κ3) is 4.69. The molecule has 1 amide bonds. The lowest BCUT2D eigenvalue weighted by Crippen LogP contribution is -2.39. The van der Waals surface area contributed by atoms with Crippen LogP contribution >= 0.6 is 22.9 Å². The van der Waals surface area contributed by atoms with Crippen LogP contribution in [-0.2, 0) is 21.4 Å². The number of amides is 1. The summed E-state index contributed by atoms with van der Waals surface area (Å²) in [5.74, 6) is -0.193. The Hall–Kier alpha value is -1.98. The lowest BCUT2D eigenvalue weighted by atomic mass is 10.2. The van der Waals surface area contributed by atoms with Crippen LogP contribution in [0.25, 0.3) is 4.96 Å². The minimum Gasteiger partial charge on any atom is -0.325 e. The van der Waals surface area contributed by atoms with Gasteiger partial charge >= 0.3 is 0 Å². The Morgan fingerprint density at radius 1 is 1.25 bits per heavy atom. The van der Waals surface area contributed by atoms with E-state index < -0.39 is 16.1 Å². The van der Waals surface area contributed by atoms with Gasteiger partial charge in [-0.2, -0.15) is 4.31 Å². The molecule has 0 radical (unpaired) electrons. The number of anilines is 1. The molecule has 1 unspecified atom stereocenters. The first-order valence-electron chi connectivity index (χ1n) is 10.5. The maximum absolute atomic E-state index is 12.8. The van der Waals surface area contributed by atoms with Gasteiger partial charge in [-0.3, -0.25) is 14.1 Å². The maximum Gasteiger partial charge on any atom is 0.243 e. The highest BCUT2D eigenvalue weighted by molar-refractivity contribution is 7.89. The number of nitrogens with zero attached hydrogens (tertiary/aromatic N) is 4. The zero-order valence-electron chi connectivity index (χ0n) is 18.0. The van der Waals surface area contributed by atoms with Crippen LogP contribution in [0.15, 0.2) is 40.7 Å². The van der Waals surface area contributed by atoms with Gasteiger partial charge in [0.2, 0.25) is 15.9 Å². The second-order valence-corrected chi connectivity index (χ2v) is 11.1. The molecule has 11 heteroatoms. The summed E-state index contributed by atoms with van der Waals surface area (Å²) in [5, 5.41) is 5.23. The summed E-state index contributed by atoms with van der Waals surface area (Å²) in [7, 11) is -1.64. The number of aromatic nitrogens is 2. The van der Waals surface area contributed by atoms with E-state index in [-0.39, 0.29) is 10.8 Å². The lowest BCUT2D eigenvalue weighted by molar-refractivity contribution is -0.120. The number of rotatable bonds is 7. The van der Waals surface area contributed by atoms with Crippen LogP contribution < -0.4 is 5.32 Å². The van der Waals surface area contributed by atoms with Gasteiger partial charge in [0.05, 0.1) is 16.6 Å². The molecule has 3 aromatic rings. The number of carbonyl (C=O) groups excluding carboxylic acids is 1. The van der Waals surface area contributed by atoms with E-state index in [0.29, 0.717) is 30.5 Å². The minimum atomic E-state index is -3.49. The molecule has 0 bridgehead atoms. The van der Waals surface area contributed by atoms with Gasteiger partial charge < -0.3 is 5.32 Å². The van der Waals surface area contributed by atoms with Crippen molar-refractivity contribution in [2.45, 2.75) is 43.7 Å². The minimum absolute atomic E-state index is 0.193. The van der Waals surface area contributed by atoms with Crippen LogP contribution in [0.5, 0.6) is 0 Å². The fraction of sp³-hybridized carbons (Fsp3) is 0.429. The summed E-state index contributed by atoms with van der Waals surface area (Å²) in [6, 6.07) is 5.92. The normalized spacial score (nSPS) is 16.5. The maximum atomic E-state index is 12.8. The Balaban J connectivity index is 1.39. The van der Waals surface area contributed by atoms with Crippen molar-refractivity contribution in [2.75, 3.05) is 25.5 Å². The van der Waals surface area contributed by atoms with Gasteiger partial charge in [-0.05, 0) is 51.1 Å². The van der Waals surface area contributed by atoms with E-state index in [0.717, 1.165) is 29.9 Å². The van der Waals surface area contributed by atoms with Gasteiger partial charge in [0.25, 0.3) is 0 Å². The number of nitrogens with one attached hydrogen (secondary N) is 1. The number of sulfonamides is 1. The van der Waals surface area contributed by atoms with Gasteiger partial charge in [0.1, 0.15) is 0 Å². The van der Waals surface area contributed by atoms with E-state index in [1.54, 1.807) is 24.3 Å². The van der Waals surface area contributed by atoms with E-state index >= 15 is 0 Å². The summed E-state index contributed by atoms with van der Waals surface area (Å²) >= 11 is 7.77. The fourth-order valence-corrected chi connectivity index (χ4v) is 6.26. The molecule has 0 spiro atoms. The second kappa shape index (κ2) is 9.48. The Bertz CT molecular complexity index is 1200. The Morgan fingerprint density at radius 3 is 2.62 bits per heavy atom. The lowest BCUT2D eigenvalue weighted by Gasteiger charge is -2.26. The molecule has 3 heterocycles. The number of carbonyl (C=O) groups is 1. The number of piperidine rings is 1. The van der Waals surface area contributed by atoms with Crippen molar-refractivity contribution in [1.82, 2.24) is 18.6 Å². The molecule has 1 saturated heterocycles. The van der Waals surface area contributed by atoms with Crippen LogP contribution in [0.1, 0.15) is 31.9 Å². The van der Waals surface area contributed by atoms with Crippen molar-refractivity contribution in [3.8, 4) is 0 Å². The SMILES string of the molecule is CC(C(=O)Nc1ccc(S(=O)(=O)N2CCCCC2)cc1)N(C)Cc1c(Cl)nc2sccn12. The van der Waals surface area contributed by atoms with E-state index in [1.165, 1.54) is 15.6 Å². The topological polar surface area (TPSA) is 87.0 Å². The molecule has 2 aromatic heterocycles. The van der Waals surface area contributed by atoms with Crippen LogP contribution in [0.3, 0.4) is 0 Å². The Morgan fingerprint density at radius 2 is 1.94 bits per heavy atom. The van der Waals surface area contributed by atoms with Gasteiger partial charge in [-0.1, -0.05) is 18.0 Å². The molecule has 1 aliphatic rings. The van der Waals surface area contributed by atoms with Gasteiger partial charge in [0.15, 0.2) is 10.1 Å². The molecule has 0 saturated carbocycles. The predicted octanol–water partition coefficient (Wildman–Crippen LogP) is 3.68. The molecule has 1 atom stereocenters. The van der Waals surface area contributed by atoms with Crippen LogP contribution in [0, 0.1) is 0 Å². The molecule has 8 nitrogen and oxygen atoms in total. The second-order valence-electron chi connectivity index (χ2n) is 7.97. The zero-order valence-corrected chi connectivity index (χ0v) is 20.4. The summed E-state index contributed by atoms with van der Waals surface area (Å²) < 4.78 is 29.0. The summed E-state index contributed by atoms with van der Waals surface area (Å²) in [4.78, 5) is 20.1. The third-order valence-corrected chi connectivity index (χ3v) is 8.80. The summed E-state index contributed by atoms with van der Waals surface area (Å²) in [6.07, 6.45) is 4.75. The Labute approximate surface area is 196 Å². The molecular formula is C21H26ClN5O3S2. The van der Waals surface area contributed by atoms with Gasteiger partial charge in [-0.15, -0.1) is 11.3 Å². The molecule has 32 heavy (non-hydrogen) atoms. The smallest absolute Gasteiger partial charge is 0.243 e. The average molecular weight is 496 g/mol. The first kappa shape index (κ1) is 23.2. The zero-order chi connectivity index (χ0) is 22.9. The van der Waals surface area contributed by atoms with E-state index in [1.807, 2.05) is 34.8 Å². The molecule has 172 valence electrons. The van der Waals surface area contributed by atoms with E-state index in [9.17, 15) is 13.2 Å². The number of hydrogen-bond acceptors (Lipinski definition) is 6. The van der Waals surface area contributed by atoms with Crippen LogP contribution in [0.2, 0.25) is 5.15 Å². The first-order chi connectivity index (χ1) is 15.3. The van der Waals surface area contributed by atoms with Crippen molar-refractivity contribution in [3.63, 3.8) is 0 Å². The number of thiazole rings is 1. The summed E-state index contributed by atoms with van der Waals surface area (Å²) in [6.45, 7) is 3.38. The van der Waals surface area contributed by atoms with Crippen LogP contribution in [0.4, 0.5) is 5.69 Å². The first-order valence-corrected chi connectivity index (χ1v) is 13.2. The van der Waals surface area contributed by atoms with Crippen molar-refractivity contribution in [1.29, 1.82) is 0 Å². The number of likely N-dealkylation sites (N-methyl/N-ethyl adjacent to an activating group) is 1. The summed E-state index contributed by atoms with van der Waals surface area (Å²) in [5.41, 5.74) is 1.38. The van der Waals surface area contributed by atoms with Crippen molar-refractivity contribution in [2.24, 2.45) is 0 Å². The number of imidazole rings is 1. The number of hydrogen-bond donors (Lipinski definition) is 1. The molecule has 1 fully saturated rings. The highest BCUT2D eigenvalue weighted by Crippen LogP contribution is 2.24. The van der Waals surface area contributed by atoms with E-state index in [2.05, 4.69) is 10.3 Å². The number of benzene rings is 1. The number of halogens is 1. The molecule has 1 N–H and O–H groups in total. The fourth-order valence-electron chi connectivity index (χ4n) is 3.73. The van der Waals surface area contributed by atoms with Gasteiger partial charge in [0, 0.05) is 36.9 Å². The van der Waals surface area contributed by atoms with Gasteiger partial charge in [-0.25, -0.2) is 13.4 Å². The van der Waals surface area contributed by atoms with Crippen molar-refractivity contribution >= 4 is 49.5 Å². The quantitative estimate of drug-likeness (QED) is 0.540. The van der Waals surface area contributed by atoms with Crippen molar-refractivity contribution < 1.29 is 13.2 Å². The van der Waals surface area contributed by atoms with Crippen LogP contribution in [-0.4, -0.2) is 59.1 Å². The highest BCUT2D eigenvalue weighted by Gasteiger charge is 2.26. The molecule has 0 aliphatic carbocycles. The molecule has 1 aromatic carbocycles. The third-order valence-electron chi connectivity index (χ3n) is 5.83. The molecular weight excluding hydrogens is 470 g/mol. The highest BCUT2D eigenvalue weighted by atomic mass is 35.5. The molecule has 1 aliphatic heterocycles. The molecule has 4 rings (SSSR count). The monoisotopic (exact) mass is 495 g/mol. The van der Waals surface area contributed by atoms with Crippen molar-refractivity contribution in [3.05, 3.63) is 46.7 Å². The largest absolute Gasteiger partial charge is 0.325 e. The average Bonchev–Trinajstić information content (AvgIpc) is 3.36. The van der Waals surface area contributed by atoms with E-state index in [4.69, 9.17) is 11.6 Å².